The molecule has 0 saturated carbocycles. The summed E-state index contributed by atoms with van der Waals surface area (Å²) < 4.78 is 38.5. The Morgan fingerprint density at radius 3 is 2.59 bits per heavy atom. The van der Waals surface area contributed by atoms with Gasteiger partial charge >= 0.3 is 0 Å². The molecule has 1 N–H and O–H groups in total. The normalized spacial score (nSPS) is 11.4. The largest absolute Gasteiger partial charge is 0.493 e. The van der Waals surface area contributed by atoms with Gasteiger partial charge in [-0.1, -0.05) is 23.7 Å². The van der Waals surface area contributed by atoms with Crippen LogP contribution in [0.2, 0.25) is 5.15 Å². The maximum absolute atomic E-state index is 12.0. The second kappa shape index (κ2) is 6.99. The molecule has 7 nitrogen and oxygen atoms in total. The summed E-state index contributed by atoms with van der Waals surface area (Å²) in [6.45, 7) is 0.220. The highest BCUT2D eigenvalue weighted by Crippen LogP contribution is 2.25. The van der Waals surface area contributed by atoms with Gasteiger partial charge in [0.15, 0.2) is 11.5 Å². The Bertz CT molecular complexity index is 745. The van der Waals surface area contributed by atoms with Crippen molar-refractivity contribution in [3.8, 4) is 11.5 Å². The van der Waals surface area contributed by atoms with E-state index in [0.717, 1.165) is 0 Å². The predicted octanol–water partition coefficient (Wildman–Crippen LogP) is 1.44. The van der Waals surface area contributed by atoms with Gasteiger partial charge in [0.1, 0.15) is 11.8 Å². The van der Waals surface area contributed by atoms with Crippen molar-refractivity contribution in [2.45, 2.75) is 5.03 Å². The standard InChI is InChI=1S/C13H16ClN3O4S/c1-17-9-15-13(12(17)14)22(18,19)16-7-8-21-11-6-4-3-5-10(11)20-2/h3-6,9,16H,7-8H2,1-2H3. The number of nitrogens with zero attached hydrogens (tertiary/aromatic N) is 2. The maximum atomic E-state index is 12.0. The third kappa shape index (κ3) is 3.70. The van der Waals surface area contributed by atoms with Crippen LogP contribution in [0, 0.1) is 0 Å². The topological polar surface area (TPSA) is 82.4 Å². The van der Waals surface area contributed by atoms with Crippen molar-refractivity contribution >= 4 is 21.6 Å². The number of aromatic nitrogens is 2. The second-order valence-electron chi connectivity index (χ2n) is 4.35. The van der Waals surface area contributed by atoms with Crippen LogP contribution < -0.4 is 14.2 Å². The van der Waals surface area contributed by atoms with Crippen molar-refractivity contribution in [2.75, 3.05) is 20.3 Å². The molecule has 0 radical (unpaired) electrons. The Morgan fingerprint density at radius 1 is 1.32 bits per heavy atom. The molecule has 2 rings (SSSR count). The summed E-state index contributed by atoms with van der Waals surface area (Å²) in [6.07, 6.45) is 1.34. The van der Waals surface area contributed by atoms with Crippen LogP contribution in [0.25, 0.3) is 0 Å². The molecule has 0 bridgehead atoms. The minimum Gasteiger partial charge on any atom is -0.493 e. The number of halogens is 1. The SMILES string of the molecule is COc1ccccc1OCCNS(=O)(=O)c1ncn(C)c1Cl. The average Bonchev–Trinajstić information content (AvgIpc) is 2.84. The molecular weight excluding hydrogens is 330 g/mol. The molecule has 0 unspecified atom stereocenters. The lowest BCUT2D eigenvalue weighted by molar-refractivity contribution is 0.298. The van der Waals surface area contributed by atoms with E-state index >= 15 is 0 Å². The van der Waals surface area contributed by atoms with Crippen LogP contribution in [-0.2, 0) is 17.1 Å². The number of methoxy groups -OCH3 is 1. The molecule has 1 aromatic heterocycles. The van der Waals surface area contributed by atoms with Gasteiger partial charge in [-0.2, -0.15) is 0 Å². The highest BCUT2D eigenvalue weighted by Gasteiger charge is 2.21. The van der Waals surface area contributed by atoms with Crippen molar-refractivity contribution in [1.82, 2.24) is 14.3 Å². The molecular formula is C13H16ClN3O4S. The number of benzene rings is 1. The molecule has 0 fully saturated rings. The Kier molecular flexibility index (Phi) is 5.28. The zero-order chi connectivity index (χ0) is 16.2. The molecule has 1 heterocycles. The molecule has 0 aliphatic carbocycles. The number of para-hydroxylation sites is 2. The Balaban J connectivity index is 1.92. The van der Waals surface area contributed by atoms with Gasteiger partial charge < -0.3 is 14.0 Å². The van der Waals surface area contributed by atoms with Crippen LogP contribution in [0.3, 0.4) is 0 Å². The van der Waals surface area contributed by atoms with Gasteiger partial charge in [-0.25, -0.2) is 18.1 Å². The number of hydrogen-bond acceptors (Lipinski definition) is 5. The molecule has 120 valence electrons. The smallest absolute Gasteiger partial charge is 0.261 e. The van der Waals surface area contributed by atoms with E-state index in [1.54, 1.807) is 25.2 Å². The third-order valence-corrected chi connectivity index (χ3v) is 4.76. The predicted molar refractivity (Wildman–Crippen MR) is 81.9 cm³/mol. The molecule has 0 saturated heterocycles. The van der Waals surface area contributed by atoms with E-state index in [-0.39, 0.29) is 23.3 Å². The van der Waals surface area contributed by atoms with Crippen LogP contribution in [-0.4, -0.2) is 38.2 Å². The number of ether oxygens (including phenoxy) is 2. The summed E-state index contributed by atoms with van der Waals surface area (Å²) in [6, 6.07) is 7.11. The number of nitrogens with one attached hydrogen (secondary N) is 1. The molecule has 0 aliphatic heterocycles. The van der Waals surface area contributed by atoms with Gasteiger partial charge in [0.25, 0.3) is 10.0 Å². The summed E-state index contributed by atoms with van der Waals surface area (Å²) in [5.74, 6) is 1.12. The summed E-state index contributed by atoms with van der Waals surface area (Å²) >= 11 is 5.88. The van der Waals surface area contributed by atoms with E-state index in [1.807, 2.05) is 6.07 Å². The molecule has 0 atom stereocenters. The minimum atomic E-state index is -3.77. The van der Waals surface area contributed by atoms with Gasteiger partial charge in [-0.05, 0) is 12.1 Å². The molecule has 0 aliphatic rings. The molecule has 1 aromatic carbocycles. The van der Waals surface area contributed by atoms with E-state index in [2.05, 4.69) is 9.71 Å². The number of imidazole rings is 1. The Hall–Kier alpha value is -1.77. The zero-order valence-electron chi connectivity index (χ0n) is 12.1. The fraction of sp³-hybridized carbons (Fsp3) is 0.308. The second-order valence-corrected chi connectivity index (χ2v) is 6.39. The van der Waals surface area contributed by atoms with E-state index < -0.39 is 10.0 Å². The Morgan fingerprint density at radius 2 is 2.00 bits per heavy atom. The number of aryl methyl sites for hydroxylation is 1. The minimum absolute atomic E-state index is 0.0538. The average molecular weight is 346 g/mol. The highest BCUT2D eigenvalue weighted by atomic mass is 35.5. The first-order valence-corrected chi connectivity index (χ1v) is 8.24. The molecule has 9 heteroatoms. The Labute approximate surface area is 133 Å². The lowest BCUT2D eigenvalue weighted by atomic mass is 10.3. The van der Waals surface area contributed by atoms with Gasteiger partial charge in [-0.3, -0.25) is 0 Å². The van der Waals surface area contributed by atoms with E-state index in [0.29, 0.717) is 11.5 Å². The lowest BCUT2D eigenvalue weighted by Crippen LogP contribution is -2.28. The summed E-state index contributed by atoms with van der Waals surface area (Å²) in [5.41, 5.74) is 0. The first-order chi connectivity index (χ1) is 10.5. The first-order valence-electron chi connectivity index (χ1n) is 6.38. The molecule has 0 spiro atoms. The van der Waals surface area contributed by atoms with E-state index in [9.17, 15) is 8.42 Å². The van der Waals surface area contributed by atoms with Crippen molar-refractivity contribution < 1.29 is 17.9 Å². The highest BCUT2D eigenvalue weighted by molar-refractivity contribution is 7.89. The quantitative estimate of drug-likeness (QED) is 0.768. The maximum Gasteiger partial charge on any atom is 0.261 e. The van der Waals surface area contributed by atoms with Crippen molar-refractivity contribution in [2.24, 2.45) is 7.05 Å². The van der Waals surface area contributed by atoms with Crippen LogP contribution in [0.4, 0.5) is 0 Å². The van der Waals surface area contributed by atoms with Gasteiger partial charge in [0.2, 0.25) is 5.03 Å². The van der Waals surface area contributed by atoms with Crippen LogP contribution in [0.5, 0.6) is 11.5 Å². The molecule has 2 aromatic rings. The summed E-state index contributed by atoms with van der Waals surface area (Å²) in [7, 11) is -0.619. The van der Waals surface area contributed by atoms with Crippen LogP contribution in [0.1, 0.15) is 0 Å². The number of rotatable bonds is 7. The first kappa shape index (κ1) is 16.6. The summed E-state index contributed by atoms with van der Waals surface area (Å²) in [4.78, 5) is 3.77. The monoisotopic (exact) mass is 345 g/mol. The van der Waals surface area contributed by atoms with Gasteiger partial charge in [0, 0.05) is 13.6 Å². The molecule has 22 heavy (non-hydrogen) atoms. The third-order valence-electron chi connectivity index (χ3n) is 2.81. The lowest BCUT2D eigenvalue weighted by Gasteiger charge is -2.10. The fourth-order valence-electron chi connectivity index (χ4n) is 1.72. The van der Waals surface area contributed by atoms with E-state index in [4.69, 9.17) is 21.1 Å². The van der Waals surface area contributed by atoms with Crippen molar-refractivity contribution in [3.63, 3.8) is 0 Å². The van der Waals surface area contributed by atoms with Gasteiger partial charge in [0.05, 0.1) is 13.4 Å². The van der Waals surface area contributed by atoms with Gasteiger partial charge in [-0.15, -0.1) is 0 Å². The number of sulfonamides is 1. The fourth-order valence-corrected chi connectivity index (χ4v) is 3.16. The van der Waals surface area contributed by atoms with Crippen molar-refractivity contribution in [3.05, 3.63) is 35.7 Å². The van der Waals surface area contributed by atoms with Crippen molar-refractivity contribution in [1.29, 1.82) is 0 Å². The molecule has 0 amide bonds. The van der Waals surface area contributed by atoms with E-state index in [1.165, 1.54) is 18.0 Å². The summed E-state index contributed by atoms with van der Waals surface area (Å²) in [5, 5.41) is -0.146. The van der Waals surface area contributed by atoms with Crippen LogP contribution >= 0.6 is 11.6 Å². The zero-order valence-corrected chi connectivity index (χ0v) is 13.7. The number of hydrogen-bond donors (Lipinski definition) is 1. The van der Waals surface area contributed by atoms with Crippen LogP contribution in [0.15, 0.2) is 35.6 Å².